The number of H-pyrrole nitrogens is 1. The van der Waals surface area contributed by atoms with Crippen molar-refractivity contribution in [1.29, 1.82) is 0 Å². The fraction of sp³-hybridized carbons (Fsp3) is 0.217. The highest BCUT2D eigenvalue weighted by Crippen LogP contribution is 2.36. The Balaban J connectivity index is 2.14. The molecule has 28 heavy (non-hydrogen) atoms. The second-order valence-electron chi connectivity index (χ2n) is 7.04. The highest BCUT2D eigenvalue weighted by atomic mass is 16.5. The molecule has 0 radical (unpaired) electrons. The molecular weight excluding hydrogens is 350 g/mol. The molecule has 2 aromatic heterocycles. The van der Waals surface area contributed by atoms with E-state index in [1.807, 2.05) is 19.1 Å². The average Bonchev–Trinajstić information content (AvgIpc) is 3.12. The molecule has 5 nitrogen and oxygen atoms in total. The number of fused-ring (bicyclic) bond motifs is 1. The maximum absolute atomic E-state index is 5.58. The van der Waals surface area contributed by atoms with E-state index in [0.29, 0.717) is 5.75 Å². The molecule has 4 rings (SSSR count). The number of hydrogen-bond donors (Lipinski definition) is 1. The highest BCUT2D eigenvalue weighted by Gasteiger charge is 2.24. The van der Waals surface area contributed by atoms with E-state index in [1.54, 1.807) is 14.2 Å². The molecule has 0 aliphatic rings. The van der Waals surface area contributed by atoms with E-state index in [2.05, 4.69) is 65.0 Å². The van der Waals surface area contributed by atoms with Crippen LogP contribution in [0.3, 0.4) is 0 Å². The van der Waals surface area contributed by atoms with Gasteiger partial charge < -0.3 is 9.47 Å². The van der Waals surface area contributed by atoms with Gasteiger partial charge in [0.15, 0.2) is 11.5 Å². The third-order valence-corrected chi connectivity index (χ3v) is 5.00. The molecule has 0 amide bonds. The van der Waals surface area contributed by atoms with Gasteiger partial charge in [-0.3, -0.25) is 0 Å². The van der Waals surface area contributed by atoms with Gasteiger partial charge in [-0.15, -0.1) is 0 Å². The molecule has 0 saturated heterocycles. The summed E-state index contributed by atoms with van der Waals surface area (Å²) >= 11 is 0. The normalized spacial score (nSPS) is 11.0. The number of benzene rings is 2. The Morgan fingerprint density at radius 2 is 1.54 bits per heavy atom. The molecule has 142 valence electrons. The molecule has 2 heterocycles. The zero-order chi connectivity index (χ0) is 19.8. The summed E-state index contributed by atoms with van der Waals surface area (Å²) < 4.78 is 13.3. The third-order valence-electron chi connectivity index (χ3n) is 5.00. The SMILES string of the molecule is COc1cc2cc(C)[n+](-c3cc(C)[nH]n3)c(-c3ccc(C)cc3)c2cc1OC. The summed E-state index contributed by atoms with van der Waals surface area (Å²) in [4.78, 5) is 0. The summed E-state index contributed by atoms with van der Waals surface area (Å²) in [5.41, 5.74) is 5.52. The maximum Gasteiger partial charge on any atom is 0.355 e. The number of rotatable bonds is 4. The Bertz CT molecular complexity index is 1160. The summed E-state index contributed by atoms with van der Waals surface area (Å²) in [5, 5.41) is 9.74. The van der Waals surface area contributed by atoms with Gasteiger partial charge in [-0.2, -0.15) is 9.67 Å². The van der Waals surface area contributed by atoms with Gasteiger partial charge in [-0.05, 0) is 44.4 Å². The maximum atomic E-state index is 5.58. The molecule has 2 aromatic carbocycles. The van der Waals surface area contributed by atoms with Crippen molar-refractivity contribution in [2.24, 2.45) is 0 Å². The fourth-order valence-electron chi connectivity index (χ4n) is 3.62. The number of aryl methyl sites for hydroxylation is 3. The van der Waals surface area contributed by atoms with Crippen LogP contribution in [0.4, 0.5) is 0 Å². The standard InChI is InChI=1S/C23H24N3O2/c1-14-6-8-17(9-7-14)23-19-13-21(28-5)20(27-4)12-18(19)11-16(3)26(23)22-10-15(2)24-25-22/h6-13H,1-5H3,(H,24,25)/q+1. The number of ether oxygens (including phenoxy) is 2. The first-order valence-corrected chi connectivity index (χ1v) is 9.22. The largest absolute Gasteiger partial charge is 0.493 e. The van der Waals surface area contributed by atoms with E-state index in [0.717, 1.165) is 45.0 Å². The second kappa shape index (κ2) is 7.00. The van der Waals surface area contributed by atoms with Crippen molar-refractivity contribution in [3.63, 3.8) is 0 Å². The van der Waals surface area contributed by atoms with Crippen molar-refractivity contribution in [1.82, 2.24) is 10.2 Å². The van der Waals surface area contributed by atoms with Gasteiger partial charge in [-0.1, -0.05) is 29.8 Å². The van der Waals surface area contributed by atoms with Gasteiger partial charge in [-0.25, -0.2) is 0 Å². The molecule has 0 unspecified atom stereocenters. The quantitative estimate of drug-likeness (QED) is 0.537. The van der Waals surface area contributed by atoms with Gasteiger partial charge in [0.2, 0.25) is 0 Å². The van der Waals surface area contributed by atoms with Crippen LogP contribution in [0.15, 0.2) is 48.5 Å². The Morgan fingerprint density at radius 1 is 0.857 bits per heavy atom. The lowest BCUT2D eigenvalue weighted by molar-refractivity contribution is -0.593. The minimum atomic E-state index is 0.706. The van der Waals surface area contributed by atoms with E-state index in [-0.39, 0.29) is 0 Å². The predicted molar refractivity (Wildman–Crippen MR) is 110 cm³/mol. The van der Waals surface area contributed by atoms with E-state index in [9.17, 15) is 0 Å². The van der Waals surface area contributed by atoms with Crippen LogP contribution >= 0.6 is 0 Å². The molecule has 1 N–H and O–H groups in total. The van der Waals surface area contributed by atoms with Gasteiger partial charge in [0.25, 0.3) is 0 Å². The first-order valence-electron chi connectivity index (χ1n) is 9.22. The van der Waals surface area contributed by atoms with Gasteiger partial charge >= 0.3 is 5.82 Å². The zero-order valence-corrected chi connectivity index (χ0v) is 16.8. The first kappa shape index (κ1) is 18.0. The third kappa shape index (κ3) is 2.99. The number of nitrogens with zero attached hydrogens (tertiary/aromatic N) is 2. The van der Waals surface area contributed by atoms with Gasteiger partial charge in [0.05, 0.1) is 31.1 Å². The molecule has 4 aromatic rings. The number of aromatic amines is 1. The van der Waals surface area contributed by atoms with Crippen LogP contribution in [-0.4, -0.2) is 24.4 Å². The highest BCUT2D eigenvalue weighted by molar-refractivity contribution is 5.95. The van der Waals surface area contributed by atoms with Crippen molar-refractivity contribution in [2.45, 2.75) is 20.8 Å². The van der Waals surface area contributed by atoms with E-state index in [4.69, 9.17) is 9.47 Å². The monoisotopic (exact) mass is 374 g/mol. The minimum Gasteiger partial charge on any atom is -0.493 e. The van der Waals surface area contributed by atoms with Crippen molar-refractivity contribution in [2.75, 3.05) is 14.2 Å². The molecule has 0 aliphatic heterocycles. The number of hydrogen-bond acceptors (Lipinski definition) is 3. The van der Waals surface area contributed by atoms with Crippen molar-refractivity contribution < 1.29 is 14.0 Å². The lowest BCUT2D eigenvalue weighted by Gasteiger charge is -2.15. The van der Waals surface area contributed by atoms with Crippen LogP contribution in [0.1, 0.15) is 17.0 Å². The molecule has 0 bridgehead atoms. The summed E-state index contributed by atoms with van der Waals surface area (Å²) in [5.74, 6) is 2.29. The molecule has 0 saturated carbocycles. The number of methoxy groups -OCH3 is 2. The Kier molecular flexibility index (Phi) is 4.51. The molecule has 0 atom stereocenters. The Morgan fingerprint density at radius 3 is 2.14 bits per heavy atom. The molecular formula is C23H24N3O2+. The van der Waals surface area contributed by atoms with Crippen LogP contribution < -0.4 is 14.0 Å². The fourth-order valence-corrected chi connectivity index (χ4v) is 3.62. The van der Waals surface area contributed by atoms with Crippen LogP contribution in [0.2, 0.25) is 0 Å². The summed E-state index contributed by atoms with van der Waals surface area (Å²) in [6, 6.07) is 16.8. The van der Waals surface area contributed by atoms with E-state index in [1.165, 1.54) is 5.56 Å². The summed E-state index contributed by atoms with van der Waals surface area (Å²) in [6.45, 7) is 6.20. The Labute approximate surface area is 164 Å². The predicted octanol–water partition coefficient (Wildman–Crippen LogP) is 4.45. The van der Waals surface area contributed by atoms with E-state index < -0.39 is 0 Å². The Hall–Kier alpha value is -3.34. The van der Waals surface area contributed by atoms with Crippen LogP contribution in [0.5, 0.6) is 11.5 Å². The molecule has 5 heteroatoms. The molecule has 0 fully saturated rings. The topological polar surface area (TPSA) is 51.0 Å². The second-order valence-corrected chi connectivity index (χ2v) is 7.04. The van der Waals surface area contributed by atoms with E-state index >= 15 is 0 Å². The number of nitrogens with one attached hydrogen (secondary N) is 1. The average molecular weight is 374 g/mol. The van der Waals surface area contributed by atoms with Crippen molar-refractivity contribution in [3.05, 3.63) is 65.5 Å². The van der Waals surface area contributed by atoms with Crippen LogP contribution in [0, 0.1) is 20.8 Å². The number of aromatic nitrogens is 3. The molecule has 0 aliphatic carbocycles. The van der Waals surface area contributed by atoms with Crippen molar-refractivity contribution in [3.8, 4) is 28.6 Å². The summed E-state index contributed by atoms with van der Waals surface area (Å²) in [6.07, 6.45) is 0. The zero-order valence-electron chi connectivity index (χ0n) is 16.8. The van der Waals surface area contributed by atoms with Crippen LogP contribution in [0.25, 0.3) is 27.8 Å². The smallest absolute Gasteiger partial charge is 0.355 e. The van der Waals surface area contributed by atoms with Crippen molar-refractivity contribution >= 4 is 10.8 Å². The molecule has 0 spiro atoms. The lowest BCUT2D eigenvalue weighted by atomic mass is 10.0. The van der Waals surface area contributed by atoms with Crippen LogP contribution in [-0.2, 0) is 0 Å². The number of pyridine rings is 1. The first-order chi connectivity index (χ1) is 13.5. The van der Waals surface area contributed by atoms with Gasteiger partial charge in [0.1, 0.15) is 11.4 Å². The van der Waals surface area contributed by atoms with Gasteiger partial charge in [0, 0.05) is 10.9 Å². The minimum absolute atomic E-state index is 0.706. The lowest BCUT2D eigenvalue weighted by Crippen LogP contribution is -2.37. The summed E-state index contributed by atoms with van der Waals surface area (Å²) in [7, 11) is 3.32.